The Morgan fingerprint density at radius 1 is 1.27 bits per heavy atom. The van der Waals surface area contributed by atoms with Crippen LogP contribution in [0.25, 0.3) is 0 Å². The highest BCUT2D eigenvalue weighted by Crippen LogP contribution is 2.21. The van der Waals surface area contributed by atoms with Crippen LogP contribution in [0.1, 0.15) is 18.4 Å². The molecule has 7 nitrogen and oxygen atoms in total. The smallest absolute Gasteiger partial charge is 0.227 e. The van der Waals surface area contributed by atoms with Crippen molar-refractivity contribution in [1.29, 1.82) is 0 Å². The van der Waals surface area contributed by atoms with Gasteiger partial charge in [-0.25, -0.2) is 12.7 Å². The fourth-order valence-electron chi connectivity index (χ4n) is 2.99. The van der Waals surface area contributed by atoms with Gasteiger partial charge in [-0.2, -0.15) is 5.10 Å². The molecular weight excluding hydrogens is 420 g/mol. The quantitative estimate of drug-likeness (QED) is 0.772. The first-order valence-corrected chi connectivity index (χ1v) is 11.0. The van der Waals surface area contributed by atoms with E-state index in [1.54, 1.807) is 17.1 Å². The molecule has 1 amide bonds. The third-order valence-corrected chi connectivity index (χ3v) is 6.28. The van der Waals surface area contributed by atoms with Crippen molar-refractivity contribution in [2.45, 2.75) is 19.4 Å². The number of amides is 1. The van der Waals surface area contributed by atoms with E-state index in [4.69, 9.17) is 0 Å². The fraction of sp³-hybridized carbons (Fsp3) is 0.412. The van der Waals surface area contributed by atoms with Crippen LogP contribution >= 0.6 is 15.9 Å². The molecule has 0 saturated carbocycles. The Morgan fingerprint density at radius 2 is 1.92 bits per heavy atom. The maximum atomic E-state index is 12.4. The van der Waals surface area contributed by atoms with Crippen LogP contribution in [0.2, 0.25) is 0 Å². The lowest BCUT2D eigenvalue weighted by Gasteiger charge is -2.29. The van der Waals surface area contributed by atoms with Crippen molar-refractivity contribution in [2.75, 3.05) is 24.7 Å². The first kappa shape index (κ1) is 19.1. The number of sulfonamides is 1. The number of anilines is 1. The first-order valence-electron chi connectivity index (χ1n) is 8.34. The molecule has 1 saturated heterocycles. The molecule has 3 rings (SSSR count). The van der Waals surface area contributed by atoms with Gasteiger partial charge in [0.2, 0.25) is 15.9 Å². The van der Waals surface area contributed by atoms with Crippen molar-refractivity contribution >= 4 is 37.5 Å². The van der Waals surface area contributed by atoms with Gasteiger partial charge in [-0.15, -0.1) is 0 Å². The second kappa shape index (κ2) is 7.89. The SMILES string of the molecule is CS(=O)(=O)N1CCC(C(=O)Nc2cnn(Cc3ccc(Br)cc3)c2)CC1. The number of piperidine rings is 1. The number of halogens is 1. The maximum Gasteiger partial charge on any atom is 0.227 e. The molecule has 1 aromatic heterocycles. The maximum absolute atomic E-state index is 12.4. The van der Waals surface area contributed by atoms with Gasteiger partial charge in [0.15, 0.2) is 0 Å². The Kier molecular flexibility index (Phi) is 5.79. The zero-order chi connectivity index (χ0) is 18.7. The molecule has 9 heteroatoms. The lowest BCUT2D eigenvalue weighted by atomic mass is 9.97. The molecule has 0 radical (unpaired) electrons. The number of benzene rings is 1. The lowest BCUT2D eigenvalue weighted by molar-refractivity contribution is -0.120. The van der Waals surface area contributed by atoms with Gasteiger partial charge in [0.1, 0.15) is 0 Å². The number of nitrogens with zero attached hydrogens (tertiary/aromatic N) is 3. The monoisotopic (exact) mass is 440 g/mol. The van der Waals surface area contributed by atoms with E-state index in [-0.39, 0.29) is 11.8 Å². The third-order valence-electron chi connectivity index (χ3n) is 4.45. The standard InChI is InChI=1S/C17H21BrN4O3S/c1-26(24,25)22-8-6-14(7-9-22)17(23)20-16-10-19-21(12-16)11-13-2-4-15(18)5-3-13/h2-5,10,12,14H,6-9,11H2,1H3,(H,20,23). The van der Waals surface area contributed by atoms with Gasteiger partial charge in [-0.05, 0) is 30.5 Å². The van der Waals surface area contributed by atoms with E-state index in [2.05, 4.69) is 26.3 Å². The molecule has 26 heavy (non-hydrogen) atoms. The minimum absolute atomic E-state index is 0.0821. The average Bonchev–Trinajstić information content (AvgIpc) is 3.03. The van der Waals surface area contributed by atoms with E-state index < -0.39 is 10.0 Å². The van der Waals surface area contributed by atoms with Crippen LogP contribution in [-0.4, -0.2) is 47.8 Å². The van der Waals surface area contributed by atoms with E-state index in [9.17, 15) is 13.2 Å². The van der Waals surface area contributed by atoms with Crippen molar-refractivity contribution in [3.8, 4) is 0 Å². The van der Waals surface area contributed by atoms with E-state index in [1.165, 1.54) is 10.6 Å². The van der Waals surface area contributed by atoms with Gasteiger partial charge < -0.3 is 5.32 Å². The first-order chi connectivity index (χ1) is 12.3. The number of carbonyl (C=O) groups excluding carboxylic acids is 1. The van der Waals surface area contributed by atoms with Crippen LogP contribution < -0.4 is 5.32 Å². The number of aromatic nitrogens is 2. The summed E-state index contributed by atoms with van der Waals surface area (Å²) in [7, 11) is -3.18. The second-order valence-electron chi connectivity index (χ2n) is 6.48. The molecule has 1 aliphatic rings. The summed E-state index contributed by atoms with van der Waals surface area (Å²) in [6.07, 6.45) is 5.69. The zero-order valence-corrected chi connectivity index (χ0v) is 16.8. The van der Waals surface area contributed by atoms with Gasteiger partial charge in [0, 0.05) is 29.7 Å². The van der Waals surface area contributed by atoms with E-state index in [1.807, 2.05) is 24.3 Å². The highest BCUT2D eigenvalue weighted by Gasteiger charge is 2.29. The van der Waals surface area contributed by atoms with Crippen molar-refractivity contribution in [3.05, 3.63) is 46.7 Å². The largest absolute Gasteiger partial charge is 0.323 e. The molecule has 2 heterocycles. The van der Waals surface area contributed by atoms with Crippen LogP contribution in [0.4, 0.5) is 5.69 Å². The summed E-state index contributed by atoms with van der Waals surface area (Å²) in [6, 6.07) is 7.98. The predicted molar refractivity (Wildman–Crippen MR) is 103 cm³/mol. The predicted octanol–water partition coefficient (Wildman–Crippen LogP) is 2.30. The number of hydrogen-bond acceptors (Lipinski definition) is 4. The highest BCUT2D eigenvalue weighted by molar-refractivity contribution is 9.10. The van der Waals surface area contributed by atoms with Crippen LogP contribution in [-0.2, 0) is 21.4 Å². The number of rotatable bonds is 5. The molecule has 140 valence electrons. The molecule has 0 unspecified atom stereocenters. The van der Waals surface area contributed by atoms with Crippen LogP contribution in [0.15, 0.2) is 41.1 Å². The highest BCUT2D eigenvalue weighted by atomic mass is 79.9. The van der Waals surface area contributed by atoms with Crippen LogP contribution in [0.3, 0.4) is 0 Å². The number of hydrogen-bond donors (Lipinski definition) is 1. The zero-order valence-electron chi connectivity index (χ0n) is 14.4. The molecule has 0 atom stereocenters. The Hall–Kier alpha value is -1.71. The second-order valence-corrected chi connectivity index (χ2v) is 9.38. The molecule has 2 aromatic rings. The summed E-state index contributed by atoms with van der Waals surface area (Å²) in [5.74, 6) is -0.260. The molecule has 1 fully saturated rings. The van der Waals surface area contributed by atoms with Crippen LogP contribution in [0, 0.1) is 5.92 Å². The van der Waals surface area contributed by atoms with E-state index in [0.717, 1.165) is 10.0 Å². The Bertz CT molecular complexity index is 872. The van der Waals surface area contributed by atoms with Gasteiger partial charge in [-0.1, -0.05) is 28.1 Å². The summed E-state index contributed by atoms with van der Waals surface area (Å²) in [4.78, 5) is 12.4. The minimum atomic E-state index is -3.18. The topological polar surface area (TPSA) is 84.3 Å². The third kappa shape index (κ3) is 4.93. The normalized spacial score (nSPS) is 16.5. The van der Waals surface area contributed by atoms with Crippen molar-refractivity contribution in [3.63, 3.8) is 0 Å². The minimum Gasteiger partial charge on any atom is -0.323 e. The molecule has 0 spiro atoms. The number of nitrogens with one attached hydrogen (secondary N) is 1. The summed E-state index contributed by atoms with van der Waals surface area (Å²) >= 11 is 3.41. The molecule has 0 aliphatic carbocycles. The summed E-state index contributed by atoms with van der Waals surface area (Å²) in [6.45, 7) is 1.40. The van der Waals surface area contributed by atoms with Gasteiger partial charge in [0.25, 0.3) is 0 Å². The van der Waals surface area contributed by atoms with Gasteiger partial charge in [0.05, 0.1) is 24.7 Å². The van der Waals surface area contributed by atoms with Gasteiger partial charge >= 0.3 is 0 Å². The molecule has 1 aromatic carbocycles. The Labute approximate surface area is 161 Å². The lowest BCUT2D eigenvalue weighted by Crippen LogP contribution is -2.40. The van der Waals surface area contributed by atoms with Crippen LogP contribution in [0.5, 0.6) is 0 Å². The summed E-state index contributed by atoms with van der Waals surface area (Å²) < 4.78 is 27.3. The van der Waals surface area contributed by atoms with Gasteiger partial charge in [-0.3, -0.25) is 9.48 Å². The number of carbonyl (C=O) groups is 1. The van der Waals surface area contributed by atoms with E-state index in [0.29, 0.717) is 38.2 Å². The molecule has 1 aliphatic heterocycles. The molecule has 1 N–H and O–H groups in total. The fourth-order valence-corrected chi connectivity index (χ4v) is 4.12. The van der Waals surface area contributed by atoms with Crippen molar-refractivity contribution in [2.24, 2.45) is 5.92 Å². The molecule has 0 bridgehead atoms. The Morgan fingerprint density at radius 3 is 2.54 bits per heavy atom. The average molecular weight is 441 g/mol. The summed E-state index contributed by atoms with van der Waals surface area (Å²) in [5.41, 5.74) is 1.76. The molecular formula is C17H21BrN4O3S. The van der Waals surface area contributed by atoms with E-state index >= 15 is 0 Å². The Balaban J connectivity index is 1.54. The van der Waals surface area contributed by atoms with Crippen molar-refractivity contribution < 1.29 is 13.2 Å². The van der Waals surface area contributed by atoms with Crippen molar-refractivity contribution in [1.82, 2.24) is 14.1 Å². The summed E-state index contributed by atoms with van der Waals surface area (Å²) in [5, 5.41) is 7.16.